The number of nitrogens with zero attached hydrogens (tertiary/aromatic N) is 2. The van der Waals surface area contributed by atoms with Gasteiger partial charge in [0, 0.05) is 25.6 Å². The van der Waals surface area contributed by atoms with Gasteiger partial charge in [0.25, 0.3) is 0 Å². The van der Waals surface area contributed by atoms with Crippen LogP contribution in [0.25, 0.3) is 11.1 Å². The minimum absolute atomic E-state index is 0.0875. The monoisotopic (exact) mass is 481 g/mol. The number of carboxylic acids is 1. The topological polar surface area (TPSA) is 99.2 Å². The van der Waals surface area contributed by atoms with Crippen molar-refractivity contribution in [3.05, 3.63) is 59.7 Å². The zero-order valence-corrected chi connectivity index (χ0v) is 20.9. The molecule has 2 aromatic carbocycles. The van der Waals surface area contributed by atoms with Crippen LogP contribution in [0.4, 0.5) is 4.79 Å². The number of aliphatic carboxylic acids is 1. The molecule has 35 heavy (non-hydrogen) atoms. The number of hydrogen-bond acceptors (Lipinski definition) is 5. The van der Waals surface area contributed by atoms with E-state index >= 15 is 0 Å². The van der Waals surface area contributed by atoms with Crippen molar-refractivity contribution in [2.45, 2.75) is 32.2 Å². The second-order valence-electron chi connectivity index (χ2n) is 9.60. The van der Waals surface area contributed by atoms with Crippen LogP contribution in [0.1, 0.15) is 37.3 Å². The third-order valence-corrected chi connectivity index (χ3v) is 6.03. The Hall–Kier alpha value is -3.39. The standard InChI is InChI=1S/C27H35N3O5/c1-18(2)16-30(14-13-29(3)4)26(33)24(15-25(31)32)28-27(34)35-17-23-21-11-7-5-9-19(21)20-10-6-8-12-22(20)23/h5-12,18,23-24H,13-17H2,1-4H3,(H,28,34)(H,31,32). The summed E-state index contributed by atoms with van der Waals surface area (Å²) >= 11 is 0. The molecule has 8 heteroatoms. The fraction of sp³-hybridized carbons (Fsp3) is 0.444. The highest BCUT2D eigenvalue weighted by atomic mass is 16.5. The molecular weight excluding hydrogens is 446 g/mol. The van der Waals surface area contributed by atoms with E-state index in [1.165, 1.54) is 0 Å². The van der Waals surface area contributed by atoms with E-state index in [2.05, 4.69) is 5.32 Å². The van der Waals surface area contributed by atoms with Crippen molar-refractivity contribution in [2.24, 2.45) is 5.92 Å². The highest BCUT2D eigenvalue weighted by molar-refractivity contribution is 5.89. The van der Waals surface area contributed by atoms with Crippen LogP contribution in [0.2, 0.25) is 0 Å². The van der Waals surface area contributed by atoms with E-state index in [0.717, 1.165) is 22.3 Å². The SMILES string of the molecule is CC(C)CN(CCN(C)C)C(=O)C(CC(=O)O)NC(=O)OCC1c2ccccc2-c2ccccc21. The van der Waals surface area contributed by atoms with Crippen molar-refractivity contribution >= 4 is 18.0 Å². The van der Waals surface area contributed by atoms with Gasteiger partial charge in [0.05, 0.1) is 6.42 Å². The number of benzene rings is 2. The lowest BCUT2D eigenvalue weighted by Crippen LogP contribution is -2.51. The molecule has 1 aliphatic rings. The summed E-state index contributed by atoms with van der Waals surface area (Å²) in [5.74, 6) is -1.52. The molecule has 0 spiro atoms. The summed E-state index contributed by atoms with van der Waals surface area (Å²) in [6, 6.07) is 14.8. The van der Waals surface area contributed by atoms with E-state index in [-0.39, 0.29) is 18.4 Å². The molecule has 1 unspecified atom stereocenters. The van der Waals surface area contributed by atoms with E-state index in [4.69, 9.17) is 4.74 Å². The Kier molecular flexibility index (Phi) is 8.87. The van der Waals surface area contributed by atoms with Crippen LogP contribution in [0.5, 0.6) is 0 Å². The summed E-state index contributed by atoms with van der Waals surface area (Å²) in [4.78, 5) is 41.0. The Balaban J connectivity index is 1.70. The number of rotatable bonds is 11. The number of nitrogens with one attached hydrogen (secondary N) is 1. The highest BCUT2D eigenvalue weighted by Crippen LogP contribution is 2.44. The lowest BCUT2D eigenvalue weighted by molar-refractivity contribution is -0.142. The third-order valence-electron chi connectivity index (χ3n) is 6.03. The second kappa shape index (κ2) is 11.8. The summed E-state index contributed by atoms with van der Waals surface area (Å²) in [7, 11) is 3.81. The van der Waals surface area contributed by atoms with Gasteiger partial charge >= 0.3 is 12.1 Å². The highest BCUT2D eigenvalue weighted by Gasteiger charge is 2.31. The van der Waals surface area contributed by atoms with Crippen molar-refractivity contribution in [1.82, 2.24) is 15.1 Å². The predicted molar refractivity (Wildman–Crippen MR) is 134 cm³/mol. The lowest BCUT2D eigenvalue weighted by Gasteiger charge is -2.29. The Labute approximate surface area is 206 Å². The largest absolute Gasteiger partial charge is 0.481 e. The molecule has 0 aromatic heterocycles. The van der Waals surface area contributed by atoms with Crippen LogP contribution >= 0.6 is 0 Å². The summed E-state index contributed by atoms with van der Waals surface area (Å²) in [6.07, 6.45) is -1.32. The van der Waals surface area contributed by atoms with Crippen molar-refractivity contribution in [3.63, 3.8) is 0 Å². The maximum atomic E-state index is 13.2. The Bertz CT molecular complexity index is 1010. The van der Waals surface area contributed by atoms with E-state index in [1.807, 2.05) is 81.4 Å². The predicted octanol–water partition coefficient (Wildman–Crippen LogP) is 3.41. The van der Waals surface area contributed by atoms with Gasteiger partial charge in [0.1, 0.15) is 12.6 Å². The fourth-order valence-electron chi connectivity index (χ4n) is 4.43. The van der Waals surface area contributed by atoms with Gasteiger partial charge in [-0.25, -0.2) is 4.79 Å². The second-order valence-corrected chi connectivity index (χ2v) is 9.60. The molecule has 1 aliphatic carbocycles. The van der Waals surface area contributed by atoms with Gasteiger partial charge in [-0.05, 0) is 42.3 Å². The van der Waals surface area contributed by atoms with Crippen molar-refractivity contribution in [2.75, 3.05) is 40.3 Å². The summed E-state index contributed by atoms with van der Waals surface area (Å²) in [5, 5.41) is 11.9. The molecule has 0 heterocycles. The molecular formula is C27H35N3O5. The maximum absolute atomic E-state index is 13.2. The molecule has 0 saturated heterocycles. The molecule has 2 N–H and O–H groups in total. The molecule has 0 radical (unpaired) electrons. The van der Waals surface area contributed by atoms with Crippen molar-refractivity contribution < 1.29 is 24.2 Å². The smallest absolute Gasteiger partial charge is 0.407 e. The van der Waals surface area contributed by atoms with Crippen LogP contribution in [0.3, 0.4) is 0 Å². The number of fused-ring (bicyclic) bond motifs is 3. The number of carbonyl (C=O) groups excluding carboxylic acids is 2. The van der Waals surface area contributed by atoms with Gasteiger partial charge in [-0.15, -0.1) is 0 Å². The van der Waals surface area contributed by atoms with E-state index in [0.29, 0.717) is 19.6 Å². The summed E-state index contributed by atoms with van der Waals surface area (Å²) < 4.78 is 5.54. The minimum Gasteiger partial charge on any atom is -0.481 e. The first-order valence-corrected chi connectivity index (χ1v) is 11.9. The lowest BCUT2D eigenvalue weighted by atomic mass is 9.98. The van der Waals surface area contributed by atoms with Gasteiger partial charge < -0.3 is 25.0 Å². The first-order valence-electron chi connectivity index (χ1n) is 11.9. The average molecular weight is 482 g/mol. The van der Waals surface area contributed by atoms with E-state index in [1.54, 1.807) is 4.90 Å². The number of amides is 2. The maximum Gasteiger partial charge on any atom is 0.407 e. The Morgan fingerprint density at radius 2 is 1.54 bits per heavy atom. The van der Waals surface area contributed by atoms with Crippen LogP contribution in [-0.4, -0.2) is 79.3 Å². The molecule has 1 atom stereocenters. The number of hydrogen-bond donors (Lipinski definition) is 2. The van der Waals surface area contributed by atoms with Gasteiger partial charge in [0.2, 0.25) is 5.91 Å². The molecule has 0 bridgehead atoms. The van der Waals surface area contributed by atoms with Crippen molar-refractivity contribution in [1.29, 1.82) is 0 Å². The van der Waals surface area contributed by atoms with Crippen LogP contribution in [0, 0.1) is 5.92 Å². The van der Waals surface area contributed by atoms with Crippen LogP contribution < -0.4 is 5.32 Å². The van der Waals surface area contributed by atoms with E-state index in [9.17, 15) is 19.5 Å². The van der Waals surface area contributed by atoms with E-state index < -0.39 is 30.4 Å². The zero-order valence-electron chi connectivity index (χ0n) is 20.9. The minimum atomic E-state index is -1.20. The molecule has 3 rings (SSSR count). The number of ether oxygens (including phenoxy) is 1. The average Bonchev–Trinajstić information content (AvgIpc) is 3.12. The molecule has 2 amide bonds. The van der Waals surface area contributed by atoms with Gasteiger partial charge in [-0.3, -0.25) is 9.59 Å². The Morgan fingerprint density at radius 3 is 2.06 bits per heavy atom. The van der Waals surface area contributed by atoms with Crippen LogP contribution in [0.15, 0.2) is 48.5 Å². The molecule has 0 aliphatic heterocycles. The van der Waals surface area contributed by atoms with Crippen LogP contribution in [-0.2, 0) is 14.3 Å². The molecule has 8 nitrogen and oxygen atoms in total. The van der Waals surface area contributed by atoms with Gasteiger partial charge in [0.15, 0.2) is 0 Å². The van der Waals surface area contributed by atoms with Gasteiger partial charge in [-0.1, -0.05) is 62.4 Å². The molecule has 2 aromatic rings. The number of alkyl carbamates (subject to hydrolysis) is 1. The molecule has 0 saturated carbocycles. The first-order chi connectivity index (χ1) is 16.7. The number of likely N-dealkylation sites (N-methyl/N-ethyl adjacent to an activating group) is 1. The van der Waals surface area contributed by atoms with Gasteiger partial charge in [-0.2, -0.15) is 0 Å². The number of carboxylic acid groups (broad SMARTS) is 1. The molecule has 188 valence electrons. The van der Waals surface area contributed by atoms with Crippen molar-refractivity contribution in [3.8, 4) is 11.1 Å². The Morgan fingerprint density at radius 1 is 0.971 bits per heavy atom. The fourth-order valence-corrected chi connectivity index (χ4v) is 4.43. The first kappa shape index (κ1) is 26.2. The summed E-state index contributed by atoms with van der Waals surface area (Å²) in [5.41, 5.74) is 4.38. The normalized spacial score (nSPS) is 13.3. The quantitative estimate of drug-likeness (QED) is 0.510. The number of carbonyl (C=O) groups is 3. The summed E-state index contributed by atoms with van der Waals surface area (Å²) in [6.45, 7) is 5.59. The molecule has 0 fully saturated rings. The zero-order chi connectivity index (χ0) is 25.5. The third kappa shape index (κ3) is 6.82.